The van der Waals surface area contributed by atoms with E-state index in [0.29, 0.717) is 0 Å². The molecule has 0 aliphatic carbocycles. The highest BCUT2D eigenvalue weighted by atomic mass is 14.0. The lowest BCUT2D eigenvalue weighted by atomic mass is 10.0. The molecule has 0 spiro atoms. The van der Waals surface area contributed by atoms with E-state index >= 15 is 0 Å². The zero-order valence-corrected chi connectivity index (χ0v) is 13.8. The molecule has 0 N–H and O–H groups in total. The van der Waals surface area contributed by atoms with Crippen LogP contribution in [0.1, 0.15) is 90.4 Å². The number of rotatable bonds is 15. The summed E-state index contributed by atoms with van der Waals surface area (Å²) in [6, 6.07) is 0. The molecule has 0 bridgehead atoms. The van der Waals surface area contributed by atoms with Gasteiger partial charge in [0.1, 0.15) is 0 Å². The van der Waals surface area contributed by atoms with Gasteiger partial charge in [0.15, 0.2) is 0 Å². The molecule has 0 atom stereocenters. The van der Waals surface area contributed by atoms with Crippen LogP contribution in [0.4, 0.5) is 0 Å². The van der Waals surface area contributed by atoms with Gasteiger partial charge in [-0.15, -0.1) is 0 Å². The van der Waals surface area contributed by atoms with Crippen LogP contribution in [0.15, 0.2) is 37.0 Å². The first-order valence-electron chi connectivity index (χ1n) is 8.86. The van der Waals surface area contributed by atoms with Crippen LogP contribution in [0.3, 0.4) is 0 Å². The van der Waals surface area contributed by atoms with Crippen LogP contribution in [0, 0.1) is 0 Å². The molecule has 0 heteroatoms. The van der Waals surface area contributed by atoms with Gasteiger partial charge in [-0.25, -0.2) is 0 Å². The molecule has 0 rings (SSSR count). The van der Waals surface area contributed by atoms with Crippen molar-refractivity contribution in [3.05, 3.63) is 37.0 Å². The third-order valence-electron chi connectivity index (χ3n) is 3.72. The van der Waals surface area contributed by atoms with Gasteiger partial charge in [0.05, 0.1) is 0 Å². The summed E-state index contributed by atoms with van der Waals surface area (Å²) in [6.45, 7) is 5.93. The molecule has 0 heterocycles. The molecule has 0 aromatic rings. The van der Waals surface area contributed by atoms with Crippen molar-refractivity contribution < 1.29 is 0 Å². The van der Waals surface area contributed by atoms with Crippen molar-refractivity contribution in [3.63, 3.8) is 0 Å². The third kappa shape index (κ3) is 17.2. The van der Waals surface area contributed by atoms with Crippen LogP contribution in [0.25, 0.3) is 0 Å². The summed E-state index contributed by atoms with van der Waals surface area (Å²) in [6.07, 6.45) is 28.6. The van der Waals surface area contributed by atoms with E-state index in [2.05, 4.69) is 25.7 Å². The highest BCUT2D eigenvalue weighted by Crippen LogP contribution is 2.12. The normalized spacial score (nSPS) is 11.7. The van der Waals surface area contributed by atoms with Gasteiger partial charge in [-0.3, -0.25) is 0 Å². The molecule has 20 heavy (non-hydrogen) atoms. The minimum atomic E-state index is 1.22. The van der Waals surface area contributed by atoms with Crippen LogP contribution in [-0.2, 0) is 0 Å². The smallest absolute Gasteiger partial charge is 0.0348 e. The number of allylic oxidation sites excluding steroid dienone is 5. The Bertz CT molecular complexity index is 234. The molecular weight excluding hydrogens is 240 g/mol. The van der Waals surface area contributed by atoms with Crippen molar-refractivity contribution in [1.29, 1.82) is 0 Å². The lowest BCUT2D eigenvalue weighted by Crippen LogP contribution is -1.82. The summed E-state index contributed by atoms with van der Waals surface area (Å²) in [7, 11) is 0. The Morgan fingerprint density at radius 2 is 1.10 bits per heavy atom. The van der Waals surface area contributed by atoms with Gasteiger partial charge in [0.25, 0.3) is 0 Å². The van der Waals surface area contributed by atoms with Crippen molar-refractivity contribution >= 4 is 0 Å². The fourth-order valence-corrected chi connectivity index (χ4v) is 2.42. The summed E-state index contributed by atoms with van der Waals surface area (Å²) in [5.41, 5.74) is 0. The molecule has 0 unspecified atom stereocenters. The predicted molar refractivity (Wildman–Crippen MR) is 94.2 cm³/mol. The molecule has 0 amide bonds. The molecule has 0 saturated carbocycles. The molecular formula is C20H36. The summed E-state index contributed by atoms with van der Waals surface area (Å²) >= 11 is 0. The second-order valence-electron chi connectivity index (χ2n) is 5.73. The molecule has 0 aliphatic rings. The molecule has 0 saturated heterocycles. The Balaban J connectivity index is 3.04. The lowest BCUT2D eigenvalue weighted by Gasteiger charge is -2.02. The Kier molecular flexibility index (Phi) is 17.5. The van der Waals surface area contributed by atoms with Gasteiger partial charge in [-0.05, 0) is 12.8 Å². The average molecular weight is 277 g/mol. The highest BCUT2D eigenvalue weighted by Gasteiger charge is 1.92. The Labute approximate surface area is 128 Å². The molecule has 0 aliphatic heterocycles. The molecule has 0 fully saturated rings. The van der Waals surface area contributed by atoms with Gasteiger partial charge in [-0.1, -0.05) is 115 Å². The van der Waals surface area contributed by atoms with E-state index in [1.807, 2.05) is 18.2 Å². The minimum Gasteiger partial charge on any atom is -0.0991 e. The zero-order chi connectivity index (χ0) is 14.7. The second-order valence-corrected chi connectivity index (χ2v) is 5.73. The van der Waals surface area contributed by atoms with Gasteiger partial charge < -0.3 is 0 Å². The van der Waals surface area contributed by atoms with Gasteiger partial charge >= 0.3 is 0 Å². The van der Waals surface area contributed by atoms with E-state index in [-0.39, 0.29) is 0 Å². The zero-order valence-electron chi connectivity index (χ0n) is 13.8. The van der Waals surface area contributed by atoms with Crippen LogP contribution in [0.5, 0.6) is 0 Å². The molecule has 0 nitrogen and oxygen atoms in total. The highest BCUT2D eigenvalue weighted by molar-refractivity contribution is 5.08. The van der Waals surface area contributed by atoms with Crippen LogP contribution in [-0.4, -0.2) is 0 Å². The minimum absolute atomic E-state index is 1.22. The maximum atomic E-state index is 3.65. The predicted octanol–water partition coefficient (Wildman–Crippen LogP) is 7.38. The standard InChI is InChI=1S/C20H36/c1-3-5-7-9-11-13-15-17-19-20-18-16-14-12-10-8-6-4-2/h3,5,7,9,11H,1,4,6,8,10,12-20H2,2H3/b7-5+,11-9+. The Hall–Kier alpha value is -0.780. The SMILES string of the molecule is C=C/C=C/C=C/CCCCCCCCCCCCCC. The van der Waals surface area contributed by atoms with E-state index in [4.69, 9.17) is 0 Å². The van der Waals surface area contributed by atoms with E-state index in [1.165, 1.54) is 83.5 Å². The second kappa shape index (κ2) is 18.2. The van der Waals surface area contributed by atoms with Crippen molar-refractivity contribution in [2.45, 2.75) is 90.4 Å². The third-order valence-corrected chi connectivity index (χ3v) is 3.72. The lowest BCUT2D eigenvalue weighted by molar-refractivity contribution is 0.545. The molecule has 0 aromatic carbocycles. The van der Waals surface area contributed by atoms with Crippen molar-refractivity contribution in [2.75, 3.05) is 0 Å². The van der Waals surface area contributed by atoms with Crippen molar-refractivity contribution in [2.24, 2.45) is 0 Å². The maximum Gasteiger partial charge on any atom is -0.0348 e. The van der Waals surface area contributed by atoms with Gasteiger partial charge in [0.2, 0.25) is 0 Å². The number of hydrogen-bond acceptors (Lipinski definition) is 0. The van der Waals surface area contributed by atoms with Crippen LogP contribution < -0.4 is 0 Å². The number of hydrogen-bond donors (Lipinski definition) is 0. The fourth-order valence-electron chi connectivity index (χ4n) is 2.42. The van der Waals surface area contributed by atoms with E-state index in [0.717, 1.165) is 0 Å². The summed E-state index contributed by atoms with van der Waals surface area (Å²) in [4.78, 5) is 0. The number of unbranched alkanes of at least 4 members (excludes halogenated alkanes) is 12. The summed E-state index contributed by atoms with van der Waals surface area (Å²) in [5, 5.41) is 0. The summed E-state index contributed by atoms with van der Waals surface area (Å²) < 4.78 is 0. The fraction of sp³-hybridized carbons (Fsp3) is 0.700. The van der Waals surface area contributed by atoms with Crippen LogP contribution >= 0.6 is 0 Å². The molecule has 0 aromatic heterocycles. The Morgan fingerprint density at radius 3 is 1.60 bits per heavy atom. The Morgan fingerprint density at radius 1 is 0.600 bits per heavy atom. The average Bonchev–Trinajstić information content (AvgIpc) is 2.47. The topological polar surface area (TPSA) is 0 Å². The van der Waals surface area contributed by atoms with Crippen LogP contribution in [0.2, 0.25) is 0 Å². The van der Waals surface area contributed by atoms with E-state index in [9.17, 15) is 0 Å². The van der Waals surface area contributed by atoms with Gasteiger partial charge in [-0.2, -0.15) is 0 Å². The quantitative estimate of drug-likeness (QED) is 0.216. The maximum absolute atomic E-state index is 3.65. The monoisotopic (exact) mass is 276 g/mol. The van der Waals surface area contributed by atoms with Crippen molar-refractivity contribution in [3.8, 4) is 0 Å². The summed E-state index contributed by atoms with van der Waals surface area (Å²) in [5.74, 6) is 0. The van der Waals surface area contributed by atoms with E-state index < -0.39 is 0 Å². The largest absolute Gasteiger partial charge is 0.0991 e. The molecule has 116 valence electrons. The first-order valence-corrected chi connectivity index (χ1v) is 8.86. The molecule has 0 radical (unpaired) electrons. The van der Waals surface area contributed by atoms with E-state index in [1.54, 1.807) is 0 Å². The van der Waals surface area contributed by atoms with Gasteiger partial charge in [0, 0.05) is 0 Å². The van der Waals surface area contributed by atoms with Crippen molar-refractivity contribution in [1.82, 2.24) is 0 Å². The first kappa shape index (κ1) is 19.2. The first-order chi connectivity index (χ1) is 9.91.